The van der Waals surface area contributed by atoms with Crippen molar-refractivity contribution >= 4 is 38.6 Å². The molecule has 7 heteroatoms. The van der Waals surface area contributed by atoms with Crippen LogP contribution in [0.5, 0.6) is 0 Å². The lowest BCUT2D eigenvalue weighted by Crippen LogP contribution is -2.23. The summed E-state index contributed by atoms with van der Waals surface area (Å²) in [5, 5.41) is 0.123. The van der Waals surface area contributed by atoms with Crippen LogP contribution in [0.3, 0.4) is 0 Å². The number of rotatable bonds is 5. The molecule has 0 aliphatic carbocycles. The molecule has 0 spiro atoms. The molecule has 0 amide bonds. The molecule has 1 heterocycles. The Hall–Kier alpha value is -1.08. The number of hydrogen-bond donors (Lipinski definition) is 2. The van der Waals surface area contributed by atoms with Gasteiger partial charge in [0.1, 0.15) is 4.90 Å². The molecular weight excluding hydrogens is 316 g/mol. The lowest BCUT2D eigenvalue weighted by atomic mass is 10.3. The lowest BCUT2D eigenvalue weighted by Gasteiger charge is -2.08. The fourth-order valence-corrected chi connectivity index (χ4v) is 4.23. The maximum Gasteiger partial charge on any atom is 0.242 e. The molecule has 0 unspecified atom stereocenters. The van der Waals surface area contributed by atoms with E-state index in [1.165, 1.54) is 23.1 Å². The van der Waals surface area contributed by atoms with E-state index in [1.54, 1.807) is 11.3 Å². The highest BCUT2D eigenvalue weighted by molar-refractivity contribution is 7.89. The van der Waals surface area contributed by atoms with Gasteiger partial charge in [0.25, 0.3) is 0 Å². The van der Waals surface area contributed by atoms with Gasteiger partial charge in [-0.05, 0) is 36.8 Å². The first-order valence-electron chi connectivity index (χ1n) is 6.04. The van der Waals surface area contributed by atoms with Crippen molar-refractivity contribution in [2.24, 2.45) is 0 Å². The lowest BCUT2D eigenvalue weighted by molar-refractivity contribution is 0.582. The van der Waals surface area contributed by atoms with Crippen LogP contribution in [-0.4, -0.2) is 8.42 Å². The highest BCUT2D eigenvalue weighted by atomic mass is 35.5. The number of halogens is 1. The summed E-state index contributed by atoms with van der Waals surface area (Å²) in [7, 11) is -3.63. The highest BCUT2D eigenvalue weighted by Gasteiger charge is 2.17. The number of nitrogens with two attached hydrogens (primary N) is 1. The largest absolute Gasteiger partial charge is 0.399 e. The van der Waals surface area contributed by atoms with Gasteiger partial charge >= 0.3 is 0 Å². The van der Waals surface area contributed by atoms with Crippen LogP contribution in [0.2, 0.25) is 5.02 Å². The standard InChI is InChI=1S/C13H15ClN2O2S2/c1-2-10-4-5-11(19-10)8-16-20(17,18)13-6-3-9(15)7-12(13)14/h3-7,16H,2,8,15H2,1H3. The van der Waals surface area contributed by atoms with Crippen LogP contribution in [0.4, 0.5) is 5.69 Å². The SMILES string of the molecule is CCc1ccc(CNS(=O)(=O)c2ccc(N)cc2Cl)s1. The minimum absolute atomic E-state index is 0.0423. The third-order valence-corrected chi connectivity index (χ3v) is 5.86. The molecule has 2 rings (SSSR count). The van der Waals surface area contributed by atoms with E-state index in [4.69, 9.17) is 17.3 Å². The van der Waals surface area contributed by atoms with Crippen LogP contribution in [0, 0.1) is 0 Å². The number of anilines is 1. The van der Waals surface area contributed by atoms with Crippen LogP contribution < -0.4 is 10.5 Å². The average Bonchev–Trinajstić information content (AvgIpc) is 2.84. The second-order valence-electron chi connectivity index (χ2n) is 4.24. The van der Waals surface area contributed by atoms with Crippen molar-refractivity contribution in [3.05, 3.63) is 45.1 Å². The summed E-state index contributed by atoms with van der Waals surface area (Å²) < 4.78 is 26.9. The number of benzene rings is 1. The monoisotopic (exact) mass is 330 g/mol. The average molecular weight is 331 g/mol. The second-order valence-corrected chi connectivity index (χ2v) is 7.63. The zero-order chi connectivity index (χ0) is 14.8. The summed E-state index contributed by atoms with van der Waals surface area (Å²) in [6, 6.07) is 8.28. The third kappa shape index (κ3) is 3.52. The van der Waals surface area contributed by atoms with Crippen LogP contribution in [0.1, 0.15) is 16.7 Å². The van der Waals surface area contributed by atoms with Gasteiger partial charge in [-0.15, -0.1) is 11.3 Å². The van der Waals surface area contributed by atoms with Crippen molar-refractivity contribution in [1.82, 2.24) is 4.72 Å². The van der Waals surface area contributed by atoms with Gasteiger partial charge < -0.3 is 5.73 Å². The molecule has 0 saturated heterocycles. The Kier molecular flexibility index (Phi) is 4.70. The van der Waals surface area contributed by atoms with Crippen molar-refractivity contribution in [2.75, 3.05) is 5.73 Å². The van der Waals surface area contributed by atoms with Gasteiger partial charge in [-0.3, -0.25) is 0 Å². The first kappa shape index (κ1) is 15.3. The molecule has 0 aliphatic rings. The normalized spacial score (nSPS) is 11.7. The van der Waals surface area contributed by atoms with E-state index < -0.39 is 10.0 Å². The quantitative estimate of drug-likeness (QED) is 0.828. The number of hydrogen-bond acceptors (Lipinski definition) is 4. The zero-order valence-electron chi connectivity index (χ0n) is 10.9. The number of sulfonamides is 1. The Balaban J connectivity index is 2.14. The maximum absolute atomic E-state index is 12.2. The van der Waals surface area contributed by atoms with E-state index in [-0.39, 0.29) is 16.5 Å². The van der Waals surface area contributed by atoms with Crippen LogP contribution >= 0.6 is 22.9 Å². The zero-order valence-corrected chi connectivity index (χ0v) is 13.3. The molecule has 0 atom stereocenters. The van der Waals surface area contributed by atoms with E-state index >= 15 is 0 Å². The molecule has 4 nitrogen and oxygen atoms in total. The smallest absolute Gasteiger partial charge is 0.242 e. The van der Waals surface area contributed by atoms with Crippen LogP contribution in [0.15, 0.2) is 35.2 Å². The molecule has 3 N–H and O–H groups in total. The summed E-state index contributed by atoms with van der Waals surface area (Å²) in [6.07, 6.45) is 0.946. The fourth-order valence-electron chi connectivity index (χ4n) is 1.69. The molecule has 20 heavy (non-hydrogen) atoms. The highest BCUT2D eigenvalue weighted by Crippen LogP contribution is 2.24. The van der Waals surface area contributed by atoms with Crippen molar-refractivity contribution < 1.29 is 8.42 Å². The van der Waals surface area contributed by atoms with Gasteiger partial charge in [-0.25, -0.2) is 13.1 Å². The van der Waals surface area contributed by atoms with Crippen LogP contribution in [0.25, 0.3) is 0 Å². The van der Waals surface area contributed by atoms with Crippen molar-refractivity contribution in [3.8, 4) is 0 Å². The number of nitrogens with one attached hydrogen (secondary N) is 1. The first-order chi connectivity index (χ1) is 9.42. The molecule has 0 radical (unpaired) electrons. The Morgan fingerprint density at radius 2 is 1.95 bits per heavy atom. The van der Waals surface area contributed by atoms with Crippen LogP contribution in [-0.2, 0) is 23.0 Å². The van der Waals surface area contributed by atoms with E-state index in [0.29, 0.717) is 5.69 Å². The Morgan fingerprint density at radius 3 is 2.55 bits per heavy atom. The maximum atomic E-state index is 12.2. The number of thiophene rings is 1. The topological polar surface area (TPSA) is 72.2 Å². The number of aryl methyl sites for hydroxylation is 1. The van der Waals surface area contributed by atoms with Gasteiger partial charge in [0.05, 0.1) is 5.02 Å². The Bertz CT molecular complexity index is 711. The minimum atomic E-state index is -3.63. The predicted molar refractivity (Wildman–Crippen MR) is 83.6 cm³/mol. The van der Waals surface area contributed by atoms with E-state index in [2.05, 4.69) is 11.6 Å². The molecule has 0 fully saturated rings. The van der Waals surface area contributed by atoms with Crippen molar-refractivity contribution in [1.29, 1.82) is 0 Å². The molecule has 1 aromatic heterocycles. The van der Waals surface area contributed by atoms with E-state index in [9.17, 15) is 8.42 Å². The van der Waals surface area contributed by atoms with Crippen molar-refractivity contribution in [2.45, 2.75) is 24.8 Å². The second kappa shape index (κ2) is 6.13. The molecule has 108 valence electrons. The van der Waals surface area contributed by atoms with Gasteiger partial charge in [0, 0.05) is 22.0 Å². The van der Waals surface area contributed by atoms with Gasteiger partial charge in [-0.1, -0.05) is 18.5 Å². The first-order valence-corrected chi connectivity index (χ1v) is 8.72. The fraction of sp³-hybridized carbons (Fsp3) is 0.231. The molecule has 0 saturated carbocycles. The summed E-state index contributed by atoms with van der Waals surface area (Å²) in [4.78, 5) is 2.24. The van der Waals surface area contributed by atoms with E-state index in [0.717, 1.165) is 11.3 Å². The summed E-state index contributed by atoms with van der Waals surface area (Å²) in [5.74, 6) is 0. The minimum Gasteiger partial charge on any atom is -0.399 e. The van der Waals surface area contributed by atoms with Gasteiger partial charge in [-0.2, -0.15) is 0 Å². The summed E-state index contributed by atoms with van der Waals surface area (Å²) in [6.45, 7) is 2.32. The Morgan fingerprint density at radius 1 is 1.25 bits per heavy atom. The Labute approximate surface area is 127 Å². The molecular formula is C13H15ClN2O2S2. The predicted octanol–water partition coefficient (Wildman–Crippen LogP) is 3.02. The summed E-state index contributed by atoms with van der Waals surface area (Å²) >= 11 is 7.52. The molecule has 0 bridgehead atoms. The molecule has 1 aromatic carbocycles. The van der Waals surface area contributed by atoms with E-state index in [1.807, 2.05) is 12.1 Å². The summed E-state index contributed by atoms with van der Waals surface area (Å²) in [5.41, 5.74) is 5.99. The molecule has 0 aliphatic heterocycles. The molecule has 2 aromatic rings. The van der Waals surface area contributed by atoms with Gasteiger partial charge in [0.15, 0.2) is 0 Å². The van der Waals surface area contributed by atoms with Crippen molar-refractivity contribution in [3.63, 3.8) is 0 Å². The van der Waals surface area contributed by atoms with Gasteiger partial charge in [0.2, 0.25) is 10.0 Å². The third-order valence-electron chi connectivity index (χ3n) is 2.75. The number of nitrogen functional groups attached to an aromatic ring is 1.